The maximum absolute atomic E-state index is 12.1. The van der Waals surface area contributed by atoms with Crippen LogP contribution >= 0.6 is 0 Å². The van der Waals surface area contributed by atoms with Crippen LogP contribution in [-0.4, -0.2) is 42.5 Å². The number of carbonyl (C=O) groups excluding carboxylic acids is 1. The summed E-state index contributed by atoms with van der Waals surface area (Å²) in [5, 5.41) is 15.0. The van der Waals surface area contributed by atoms with Gasteiger partial charge in [-0.3, -0.25) is 9.69 Å². The van der Waals surface area contributed by atoms with E-state index in [1.807, 2.05) is 12.1 Å². The number of rotatable bonds is 4. The largest absolute Gasteiger partial charge is 0.376 e. The molecule has 0 radical (unpaired) electrons. The Hall–Kier alpha value is -2.06. The molecule has 116 valence electrons. The van der Waals surface area contributed by atoms with E-state index in [9.17, 15) is 4.79 Å². The molecule has 0 aromatic heterocycles. The molecule has 0 spiro atoms. The van der Waals surface area contributed by atoms with Crippen LogP contribution in [0.25, 0.3) is 0 Å². The van der Waals surface area contributed by atoms with Crippen molar-refractivity contribution < 1.29 is 4.79 Å². The Bertz CT molecular complexity index is 563. The fourth-order valence-corrected chi connectivity index (χ4v) is 3.52. The summed E-state index contributed by atoms with van der Waals surface area (Å²) in [7, 11) is 0. The predicted octanol–water partition coefficient (Wildman–Crippen LogP) is 1.71. The van der Waals surface area contributed by atoms with E-state index in [-0.39, 0.29) is 12.5 Å². The summed E-state index contributed by atoms with van der Waals surface area (Å²) in [4.78, 5) is 14.6. The molecule has 2 fully saturated rings. The lowest BCUT2D eigenvalue weighted by molar-refractivity contribution is -0.120. The van der Waals surface area contributed by atoms with Crippen LogP contribution in [0.1, 0.15) is 31.2 Å². The molecule has 2 atom stereocenters. The van der Waals surface area contributed by atoms with E-state index >= 15 is 0 Å². The van der Waals surface area contributed by atoms with Gasteiger partial charge in [0.25, 0.3) is 0 Å². The second-order valence-electron chi connectivity index (χ2n) is 6.10. The minimum absolute atomic E-state index is 0.0433. The van der Waals surface area contributed by atoms with Gasteiger partial charge in [0.15, 0.2) is 0 Å². The zero-order valence-electron chi connectivity index (χ0n) is 12.7. The van der Waals surface area contributed by atoms with Gasteiger partial charge in [-0.2, -0.15) is 5.26 Å². The first-order valence-electron chi connectivity index (χ1n) is 8.04. The van der Waals surface area contributed by atoms with Crippen molar-refractivity contribution in [3.8, 4) is 6.07 Å². The maximum atomic E-state index is 12.1. The van der Waals surface area contributed by atoms with Crippen LogP contribution < -0.4 is 10.6 Å². The van der Waals surface area contributed by atoms with Gasteiger partial charge in [0, 0.05) is 24.3 Å². The molecule has 2 saturated heterocycles. The van der Waals surface area contributed by atoms with Crippen molar-refractivity contribution in [3.63, 3.8) is 0 Å². The highest BCUT2D eigenvalue weighted by Crippen LogP contribution is 2.27. The van der Waals surface area contributed by atoms with Crippen molar-refractivity contribution in [2.24, 2.45) is 0 Å². The van der Waals surface area contributed by atoms with Crippen LogP contribution in [0.15, 0.2) is 24.3 Å². The van der Waals surface area contributed by atoms with Crippen LogP contribution in [0, 0.1) is 11.3 Å². The lowest BCUT2D eigenvalue weighted by Gasteiger charge is -2.32. The Morgan fingerprint density at radius 3 is 2.82 bits per heavy atom. The molecular weight excluding hydrogens is 276 g/mol. The summed E-state index contributed by atoms with van der Waals surface area (Å²) in [6.45, 7) is 2.56. The highest BCUT2D eigenvalue weighted by atomic mass is 16.2. The summed E-state index contributed by atoms with van der Waals surface area (Å²) >= 11 is 0. The highest BCUT2D eigenvalue weighted by molar-refractivity contribution is 5.81. The lowest BCUT2D eigenvalue weighted by Crippen LogP contribution is -2.48. The Morgan fingerprint density at radius 1 is 1.23 bits per heavy atom. The number of nitrogens with one attached hydrogen (secondary N) is 2. The Morgan fingerprint density at radius 2 is 2.05 bits per heavy atom. The molecule has 2 N–H and O–H groups in total. The lowest BCUT2D eigenvalue weighted by atomic mass is 9.99. The van der Waals surface area contributed by atoms with Gasteiger partial charge < -0.3 is 10.6 Å². The monoisotopic (exact) mass is 298 g/mol. The number of anilines is 1. The minimum atomic E-state index is 0.0433. The Kier molecular flexibility index (Phi) is 4.59. The molecule has 0 aliphatic carbocycles. The summed E-state index contributed by atoms with van der Waals surface area (Å²) in [6.07, 6.45) is 4.83. The average Bonchev–Trinajstić information content (AvgIpc) is 2.97. The van der Waals surface area contributed by atoms with E-state index in [1.165, 1.54) is 25.8 Å². The molecule has 2 aliphatic rings. The number of benzene rings is 1. The van der Waals surface area contributed by atoms with Gasteiger partial charge >= 0.3 is 0 Å². The SMILES string of the molecule is N#Cc1ccc(NCC(=O)N[C@H]2CCN3CCCC[C@H]23)cc1. The fraction of sp³-hybridized carbons (Fsp3) is 0.529. The third-order valence-corrected chi connectivity index (χ3v) is 4.67. The maximum Gasteiger partial charge on any atom is 0.239 e. The number of nitriles is 1. The van der Waals surface area contributed by atoms with Crippen LogP contribution in [0.3, 0.4) is 0 Å². The van der Waals surface area contributed by atoms with Crippen molar-refractivity contribution in [2.75, 3.05) is 25.0 Å². The van der Waals surface area contributed by atoms with Crippen molar-refractivity contribution in [3.05, 3.63) is 29.8 Å². The van der Waals surface area contributed by atoms with Crippen molar-refractivity contribution in [1.29, 1.82) is 5.26 Å². The predicted molar refractivity (Wildman–Crippen MR) is 85.4 cm³/mol. The summed E-state index contributed by atoms with van der Waals surface area (Å²) < 4.78 is 0. The summed E-state index contributed by atoms with van der Waals surface area (Å²) in [5.74, 6) is 0.0433. The normalized spacial score (nSPS) is 24.3. The zero-order valence-corrected chi connectivity index (χ0v) is 12.7. The Balaban J connectivity index is 1.47. The molecule has 0 bridgehead atoms. The highest BCUT2D eigenvalue weighted by Gasteiger charge is 2.35. The number of fused-ring (bicyclic) bond motifs is 1. The van der Waals surface area contributed by atoms with Gasteiger partial charge in [-0.15, -0.1) is 0 Å². The zero-order chi connectivity index (χ0) is 15.4. The summed E-state index contributed by atoms with van der Waals surface area (Å²) in [6, 6.07) is 10.1. The molecule has 1 aromatic rings. The van der Waals surface area contributed by atoms with E-state index in [0.717, 1.165) is 18.7 Å². The number of hydrogen-bond donors (Lipinski definition) is 2. The second kappa shape index (κ2) is 6.80. The molecule has 5 heteroatoms. The first kappa shape index (κ1) is 14.9. The van der Waals surface area contributed by atoms with Gasteiger partial charge in [-0.1, -0.05) is 6.42 Å². The first-order valence-corrected chi connectivity index (χ1v) is 8.04. The van der Waals surface area contributed by atoms with Gasteiger partial charge in [0.1, 0.15) is 0 Å². The van der Waals surface area contributed by atoms with Gasteiger partial charge in [0.05, 0.1) is 18.2 Å². The smallest absolute Gasteiger partial charge is 0.239 e. The van der Waals surface area contributed by atoms with Crippen molar-refractivity contribution >= 4 is 11.6 Å². The molecule has 2 heterocycles. The van der Waals surface area contributed by atoms with Gasteiger partial charge in [-0.25, -0.2) is 0 Å². The Labute approximate surface area is 131 Å². The number of amides is 1. The number of piperidine rings is 1. The molecule has 0 saturated carbocycles. The number of hydrogen-bond acceptors (Lipinski definition) is 4. The molecule has 5 nitrogen and oxygen atoms in total. The van der Waals surface area contributed by atoms with E-state index in [0.29, 0.717) is 17.6 Å². The van der Waals surface area contributed by atoms with Crippen LogP contribution in [0.4, 0.5) is 5.69 Å². The van der Waals surface area contributed by atoms with Crippen molar-refractivity contribution in [2.45, 2.75) is 37.8 Å². The average molecular weight is 298 g/mol. The minimum Gasteiger partial charge on any atom is -0.376 e. The fourth-order valence-electron chi connectivity index (χ4n) is 3.52. The van der Waals surface area contributed by atoms with Crippen LogP contribution in [0.2, 0.25) is 0 Å². The topological polar surface area (TPSA) is 68.2 Å². The van der Waals surface area contributed by atoms with Crippen LogP contribution in [0.5, 0.6) is 0 Å². The summed E-state index contributed by atoms with van der Waals surface area (Å²) in [5.41, 5.74) is 1.48. The first-order chi connectivity index (χ1) is 10.8. The molecule has 0 unspecified atom stereocenters. The molecule has 3 rings (SSSR count). The van der Waals surface area contributed by atoms with E-state index in [1.54, 1.807) is 12.1 Å². The molecule has 22 heavy (non-hydrogen) atoms. The molecular formula is C17H22N4O. The van der Waals surface area contributed by atoms with E-state index in [4.69, 9.17) is 5.26 Å². The second-order valence-corrected chi connectivity index (χ2v) is 6.10. The molecule has 2 aliphatic heterocycles. The number of nitrogens with zero attached hydrogens (tertiary/aromatic N) is 2. The standard InChI is InChI=1S/C17H22N4O/c18-11-13-4-6-14(7-5-13)19-12-17(22)20-15-8-10-21-9-2-1-3-16(15)21/h4-7,15-16,19H,1-3,8-10,12H2,(H,20,22)/t15-,16+/m0/s1. The van der Waals surface area contributed by atoms with E-state index in [2.05, 4.69) is 21.6 Å². The van der Waals surface area contributed by atoms with Gasteiger partial charge in [0.2, 0.25) is 5.91 Å². The quantitative estimate of drug-likeness (QED) is 0.888. The van der Waals surface area contributed by atoms with Crippen molar-refractivity contribution in [1.82, 2.24) is 10.2 Å². The molecule has 1 amide bonds. The number of carbonyl (C=O) groups is 1. The molecule has 1 aromatic carbocycles. The van der Waals surface area contributed by atoms with E-state index < -0.39 is 0 Å². The van der Waals surface area contributed by atoms with Gasteiger partial charge in [-0.05, 0) is 50.1 Å². The van der Waals surface area contributed by atoms with Crippen LogP contribution in [-0.2, 0) is 4.79 Å². The third-order valence-electron chi connectivity index (χ3n) is 4.67. The third kappa shape index (κ3) is 3.40.